The molecule has 0 aromatic heterocycles. The molecular formula is C14H17NO. The standard InChI is InChI=1S/C14H17NO/c16-11-7-5-10(6-8-11)13-9-15-14-4-2-1-3-12(13)14/h1,3,5,7,9-10,12,14-15H,2,4,6,8H2. The second kappa shape index (κ2) is 3.93. The van der Waals surface area contributed by atoms with Gasteiger partial charge in [0.05, 0.1) is 0 Å². The molecule has 1 heterocycles. The Bertz CT molecular complexity index is 392. The van der Waals surface area contributed by atoms with E-state index < -0.39 is 0 Å². The van der Waals surface area contributed by atoms with E-state index in [0.717, 1.165) is 6.42 Å². The summed E-state index contributed by atoms with van der Waals surface area (Å²) in [6.45, 7) is 0. The fourth-order valence-corrected chi connectivity index (χ4v) is 3.00. The summed E-state index contributed by atoms with van der Waals surface area (Å²) in [6.07, 6.45) is 14.8. The fraction of sp³-hybridized carbons (Fsp3) is 0.500. The molecule has 0 aromatic carbocycles. The highest BCUT2D eigenvalue weighted by atomic mass is 16.1. The molecule has 3 aliphatic rings. The zero-order valence-electron chi connectivity index (χ0n) is 9.36. The molecule has 2 nitrogen and oxygen atoms in total. The van der Waals surface area contributed by atoms with Crippen LogP contribution in [0.1, 0.15) is 25.7 Å². The summed E-state index contributed by atoms with van der Waals surface area (Å²) in [5, 5.41) is 3.49. The van der Waals surface area contributed by atoms with Gasteiger partial charge in [-0.2, -0.15) is 0 Å². The van der Waals surface area contributed by atoms with E-state index in [1.807, 2.05) is 0 Å². The van der Waals surface area contributed by atoms with Crippen LogP contribution in [0.3, 0.4) is 0 Å². The van der Waals surface area contributed by atoms with Crippen LogP contribution in [0.4, 0.5) is 0 Å². The molecule has 84 valence electrons. The largest absolute Gasteiger partial charge is 0.387 e. The molecule has 1 N–H and O–H groups in total. The van der Waals surface area contributed by atoms with Crippen LogP contribution in [0.15, 0.2) is 36.1 Å². The minimum Gasteiger partial charge on any atom is -0.387 e. The molecule has 1 aliphatic heterocycles. The molecular weight excluding hydrogens is 198 g/mol. The van der Waals surface area contributed by atoms with Crippen LogP contribution < -0.4 is 5.32 Å². The number of carbonyl (C=O) groups excluding carboxylic acids is 1. The molecule has 2 heteroatoms. The van der Waals surface area contributed by atoms with Crippen LogP contribution >= 0.6 is 0 Å². The third kappa shape index (κ3) is 1.62. The number of carbonyl (C=O) groups is 1. The summed E-state index contributed by atoms with van der Waals surface area (Å²) in [7, 11) is 0. The quantitative estimate of drug-likeness (QED) is 0.680. The first-order valence-corrected chi connectivity index (χ1v) is 6.18. The smallest absolute Gasteiger partial charge is 0.155 e. The Labute approximate surface area is 96.1 Å². The monoisotopic (exact) mass is 215 g/mol. The van der Waals surface area contributed by atoms with Gasteiger partial charge < -0.3 is 5.32 Å². The molecule has 16 heavy (non-hydrogen) atoms. The van der Waals surface area contributed by atoms with E-state index in [4.69, 9.17) is 0 Å². The Morgan fingerprint density at radius 3 is 3.00 bits per heavy atom. The van der Waals surface area contributed by atoms with Gasteiger partial charge in [0.15, 0.2) is 5.78 Å². The van der Waals surface area contributed by atoms with Gasteiger partial charge in [0.1, 0.15) is 0 Å². The van der Waals surface area contributed by atoms with E-state index in [9.17, 15) is 4.79 Å². The molecule has 0 bridgehead atoms. The maximum atomic E-state index is 11.2. The summed E-state index contributed by atoms with van der Waals surface area (Å²) >= 11 is 0. The van der Waals surface area contributed by atoms with Gasteiger partial charge in [0.25, 0.3) is 0 Å². The van der Waals surface area contributed by atoms with Crippen molar-refractivity contribution in [3.63, 3.8) is 0 Å². The van der Waals surface area contributed by atoms with Gasteiger partial charge >= 0.3 is 0 Å². The Kier molecular flexibility index (Phi) is 2.43. The second-order valence-electron chi connectivity index (χ2n) is 4.92. The molecule has 0 radical (unpaired) electrons. The minimum atomic E-state index is 0.276. The molecule has 0 amide bonds. The zero-order chi connectivity index (χ0) is 11.0. The normalized spacial score (nSPS) is 36.9. The number of fused-ring (bicyclic) bond motifs is 1. The highest BCUT2D eigenvalue weighted by molar-refractivity contribution is 5.90. The van der Waals surface area contributed by atoms with Crippen LogP contribution in [0.25, 0.3) is 0 Å². The Balaban J connectivity index is 1.80. The van der Waals surface area contributed by atoms with Gasteiger partial charge in [0, 0.05) is 24.3 Å². The summed E-state index contributed by atoms with van der Waals surface area (Å²) < 4.78 is 0. The van der Waals surface area contributed by atoms with Crippen molar-refractivity contribution >= 4 is 5.78 Å². The minimum absolute atomic E-state index is 0.276. The van der Waals surface area contributed by atoms with E-state index in [2.05, 4.69) is 29.7 Å². The van der Waals surface area contributed by atoms with Crippen molar-refractivity contribution in [3.8, 4) is 0 Å². The van der Waals surface area contributed by atoms with Gasteiger partial charge in [-0.3, -0.25) is 4.79 Å². The first-order valence-electron chi connectivity index (χ1n) is 6.18. The fourth-order valence-electron chi connectivity index (χ4n) is 3.00. The highest BCUT2D eigenvalue weighted by Crippen LogP contribution is 2.37. The van der Waals surface area contributed by atoms with Crippen molar-refractivity contribution in [2.45, 2.75) is 31.7 Å². The van der Waals surface area contributed by atoms with Gasteiger partial charge in [-0.15, -0.1) is 0 Å². The predicted molar refractivity (Wildman–Crippen MR) is 63.7 cm³/mol. The first-order chi connectivity index (χ1) is 7.84. The average Bonchev–Trinajstić information content (AvgIpc) is 2.74. The van der Waals surface area contributed by atoms with Crippen LogP contribution in [0.2, 0.25) is 0 Å². The number of allylic oxidation sites excluding steroid dienone is 3. The lowest BCUT2D eigenvalue weighted by Gasteiger charge is -2.26. The van der Waals surface area contributed by atoms with Crippen molar-refractivity contribution in [2.24, 2.45) is 11.8 Å². The van der Waals surface area contributed by atoms with Gasteiger partial charge in [-0.05, 0) is 37.1 Å². The van der Waals surface area contributed by atoms with Crippen molar-refractivity contribution < 1.29 is 4.79 Å². The van der Waals surface area contributed by atoms with Crippen molar-refractivity contribution in [1.29, 1.82) is 0 Å². The van der Waals surface area contributed by atoms with Crippen LogP contribution in [0.5, 0.6) is 0 Å². The van der Waals surface area contributed by atoms with Gasteiger partial charge in [-0.25, -0.2) is 0 Å². The van der Waals surface area contributed by atoms with Crippen LogP contribution in [0, 0.1) is 11.8 Å². The Hall–Kier alpha value is -1.31. The Morgan fingerprint density at radius 2 is 2.19 bits per heavy atom. The summed E-state index contributed by atoms with van der Waals surface area (Å²) in [5.41, 5.74) is 1.48. The van der Waals surface area contributed by atoms with Crippen LogP contribution in [-0.4, -0.2) is 11.8 Å². The molecule has 0 aromatic rings. The third-order valence-electron chi connectivity index (χ3n) is 3.91. The lowest BCUT2D eigenvalue weighted by atomic mass is 9.78. The molecule has 0 fully saturated rings. The van der Waals surface area contributed by atoms with Crippen molar-refractivity contribution in [1.82, 2.24) is 5.32 Å². The van der Waals surface area contributed by atoms with E-state index in [0.29, 0.717) is 24.3 Å². The van der Waals surface area contributed by atoms with E-state index >= 15 is 0 Å². The SMILES string of the molecule is O=C1C=CC(C2=CNC3CCC=CC23)CC1. The maximum absolute atomic E-state index is 11.2. The number of rotatable bonds is 1. The van der Waals surface area contributed by atoms with Crippen molar-refractivity contribution in [3.05, 3.63) is 36.1 Å². The lowest BCUT2D eigenvalue weighted by Crippen LogP contribution is -2.29. The molecule has 3 unspecified atom stereocenters. The van der Waals surface area contributed by atoms with Gasteiger partial charge in [-0.1, -0.05) is 18.2 Å². The van der Waals surface area contributed by atoms with Gasteiger partial charge in [0.2, 0.25) is 0 Å². The first kappa shape index (κ1) is 9.88. The van der Waals surface area contributed by atoms with Crippen molar-refractivity contribution in [2.75, 3.05) is 0 Å². The average molecular weight is 215 g/mol. The molecule has 0 spiro atoms. The summed E-state index contributed by atoms with van der Waals surface area (Å²) in [5.74, 6) is 1.32. The Morgan fingerprint density at radius 1 is 1.25 bits per heavy atom. The molecule has 0 saturated heterocycles. The summed E-state index contributed by atoms with van der Waals surface area (Å²) in [6, 6.07) is 0.603. The molecule has 3 atom stereocenters. The van der Waals surface area contributed by atoms with E-state index in [-0.39, 0.29) is 5.78 Å². The number of nitrogens with one attached hydrogen (secondary N) is 1. The van der Waals surface area contributed by atoms with E-state index in [1.54, 1.807) is 6.08 Å². The zero-order valence-corrected chi connectivity index (χ0v) is 9.36. The maximum Gasteiger partial charge on any atom is 0.155 e. The topological polar surface area (TPSA) is 29.1 Å². The number of ketones is 1. The molecule has 3 rings (SSSR count). The van der Waals surface area contributed by atoms with Crippen LogP contribution in [-0.2, 0) is 4.79 Å². The molecule has 0 saturated carbocycles. The predicted octanol–water partition coefficient (Wildman–Crippen LogP) is 2.34. The second-order valence-corrected chi connectivity index (χ2v) is 4.92. The summed E-state index contributed by atoms with van der Waals surface area (Å²) in [4.78, 5) is 11.2. The number of hydrogen-bond acceptors (Lipinski definition) is 2. The molecule has 2 aliphatic carbocycles. The highest BCUT2D eigenvalue weighted by Gasteiger charge is 2.32. The lowest BCUT2D eigenvalue weighted by molar-refractivity contribution is -0.115. The number of hydrogen-bond donors (Lipinski definition) is 1. The van der Waals surface area contributed by atoms with E-state index in [1.165, 1.54) is 18.4 Å². The third-order valence-corrected chi connectivity index (χ3v) is 3.91.